The Labute approximate surface area is 199 Å². The molecule has 0 saturated heterocycles. The number of rotatable bonds is 5. The second-order valence-corrected chi connectivity index (χ2v) is 7.92. The largest absolute Gasteiger partial charge is 0.492 e. The van der Waals surface area contributed by atoms with Gasteiger partial charge in [0.15, 0.2) is 5.11 Å². The van der Waals surface area contributed by atoms with Gasteiger partial charge in [-0.25, -0.2) is 4.39 Å². The standard InChI is InChI=1S/C23H19ClFN5O2S/c1-3-32-21-9-4-14(11-17(21)24)22(31)27-23(33)26-18-12-20-19(10-13(18)2)28-30(29-20)16-7-5-15(25)6-8-16/h4-12H,3H2,1-2H3,(H2,26,27,31,33). The number of fused-ring (bicyclic) bond motifs is 1. The molecular formula is C23H19ClFN5O2S. The van der Waals surface area contributed by atoms with Crippen LogP contribution in [0.4, 0.5) is 10.1 Å². The predicted octanol–water partition coefficient (Wildman–Crippen LogP) is 5.05. The van der Waals surface area contributed by atoms with Gasteiger partial charge in [0.1, 0.15) is 22.6 Å². The van der Waals surface area contributed by atoms with Gasteiger partial charge in [0, 0.05) is 11.3 Å². The molecule has 0 saturated carbocycles. The van der Waals surface area contributed by atoms with E-state index in [1.54, 1.807) is 30.3 Å². The number of anilines is 1. The monoisotopic (exact) mass is 483 g/mol. The first-order valence-corrected chi connectivity index (χ1v) is 10.8. The maximum atomic E-state index is 13.2. The summed E-state index contributed by atoms with van der Waals surface area (Å²) in [5, 5.41) is 15.0. The number of halogens is 2. The quantitative estimate of drug-likeness (QED) is 0.387. The Morgan fingerprint density at radius 1 is 1.12 bits per heavy atom. The van der Waals surface area contributed by atoms with Crippen LogP contribution in [0.2, 0.25) is 5.02 Å². The molecule has 168 valence electrons. The molecule has 0 aliphatic rings. The Morgan fingerprint density at radius 2 is 1.82 bits per heavy atom. The molecule has 0 spiro atoms. The Morgan fingerprint density at radius 3 is 2.48 bits per heavy atom. The van der Waals surface area contributed by atoms with Crippen LogP contribution < -0.4 is 15.4 Å². The summed E-state index contributed by atoms with van der Waals surface area (Å²) in [4.78, 5) is 14.0. The normalized spacial score (nSPS) is 10.8. The highest BCUT2D eigenvalue weighted by molar-refractivity contribution is 7.80. The molecular weight excluding hydrogens is 465 g/mol. The minimum absolute atomic E-state index is 0.124. The average Bonchev–Trinajstić information content (AvgIpc) is 3.18. The Balaban J connectivity index is 1.49. The first-order chi connectivity index (χ1) is 15.8. The van der Waals surface area contributed by atoms with Crippen LogP contribution in [0, 0.1) is 12.7 Å². The topological polar surface area (TPSA) is 81.1 Å². The number of aryl methyl sites for hydroxylation is 1. The van der Waals surface area contributed by atoms with Crippen LogP contribution in [0.5, 0.6) is 5.75 Å². The van der Waals surface area contributed by atoms with Gasteiger partial charge < -0.3 is 10.1 Å². The van der Waals surface area contributed by atoms with Crippen LogP contribution >= 0.6 is 23.8 Å². The first kappa shape index (κ1) is 22.6. The lowest BCUT2D eigenvalue weighted by atomic mass is 10.2. The van der Waals surface area contributed by atoms with Gasteiger partial charge in [0.2, 0.25) is 0 Å². The summed E-state index contributed by atoms with van der Waals surface area (Å²) in [7, 11) is 0. The van der Waals surface area contributed by atoms with Crippen molar-refractivity contribution in [3.05, 3.63) is 76.6 Å². The SMILES string of the molecule is CCOc1ccc(C(=O)NC(=S)Nc2cc3nn(-c4ccc(F)cc4)nc3cc2C)cc1Cl. The van der Waals surface area contributed by atoms with Gasteiger partial charge in [0.05, 0.1) is 17.3 Å². The number of nitrogens with zero attached hydrogens (tertiary/aromatic N) is 3. The number of hydrogen-bond acceptors (Lipinski definition) is 5. The second-order valence-electron chi connectivity index (χ2n) is 7.11. The van der Waals surface area contributed by atoms with E-state index < -0.39 is 5.91 Å². The Hall–Kier alpha value is -3.56. The smallest absolute Gasteiger partial charge is 0.257 e. The van der Waals surface area contributed by atoms with Crippen molar-refractivity contribution in [1.82, 2.24) is 20.3 Å². The van der Waals surface area contributed by atoms with Crippen LogP contribution in [0.25, 0.3) is 16.7 Å². The maximum absolute atomic E-state index is 13.2. The van der Waals surface area contributed by atoms with E-state index in [1.165, 1.54) is 23.0 Å². The summed E-state index contributed by atoms with van der Waals surface area (Å²) < 4.78 is 18.6. The number of carbonyl (C=O) groups is 1. The highest BCUT2D eigenvalue weighted by atomic mass is 35.5. The molecule has 10 heteroatoms. The number of hydrogen-bond donors (Lipinski definition) is 2. The number of thiocarbonyl (C=S) groups is 1. The Bertz CT molecular complexity index is 1360. The van der Waals surface area contributed by atoms with Gasteiger partial charge in [0.25, 0.3) is 5.91 Å². The summed E-state index contributed by atoms with van der Waals surface area (Å²) in [6, 6.07) is 14.3. The van der Waals surface area contributed by atoms with Crippen LogP contribution in [0.1, 0.15) is 22.8 Å². The lowest BCUT2D eigenvalue weighted by Gasteiger charge is -2.12. The fourth-order valence-electron chi connectivity index (χ4n) is 3.14. The third kappa shape index (κ3) is 5.10. The second kappa shape index (κ2) is 9.51. The van der Waals surface area contributed by atoms with Gasteiger partial charge in [-0.1, -0.05) is 11.6 Å². The van der Waals surface area contributed by atoms with Crippen LogP contribution in [0.3, 0.4) is 0 Å². The van der Waals surface area contributed by atoms with E-state index in [4.69, 9.17) is 28.6 Å². The zero-order valence-corrected chi connectivity index (χ0v) is 19.3. The van der Waals surface area contributed by atoms with Crippen molar-refractivity contribution in [3.63, 3.8) is 0 Å². The van der Waals surface area contributed by atoms with Crippen molar-refractivity contribution in [3.8, 4) is 11.4 Å². The molecule has 2 N–H and O–H groups in total. The van der Waals surface area contributed by atoms with Crippen molar-refractivity contribution in [2.24, 2.45) is 0 Å². The van der Waals surface area contributed by atoms with Crippen LogP contribution in [0.15, 0.2) is 54.6 Å². The van der Waals surface area contributed by atoms with Crippen molar-refractivity contribution < 1.29 is 13.9 Å². The van der Waals surface area contributed by atoms with E-state index in [1.807, 2.05) is 19.9 Å². The third-order valence-electron chi connectivity index (χ3n) is 4.75. The van der Waals surface area contributed by atoms with E-state index in [9.17, 15) is 9.18 Å². The van der Waals surface area contributed by atoms with Crippen molar-refractivity contribution in [2.75, 3.05) is 11.9 Å². The molecule has 4 aromatic rings. The summed E-state index contributed by atoms with van der Waals surface area (Å²) in [6.07, 6.45) is 0. The fourth-order valence-corrected chi connectivity index (χ4v) is 3.57. The molecule has 0 bridgehead atoms. The number of carbonyl (C=O) groups excluding carboxylic acids is 1. The molecule has 0 unspecified atom stereocenters. The van der Waals surface area contributed by atoms with Gasteiger partial charge in [-0.3, -0.25) is 10.1 Å². The van der Waals surface area contributed by atoms with Gasteiger partial charge >= 0.3 is 0 Å². The highest BCUT2D eigenvalue weighted by Gasteiger charge is 2.13. The van der Waals surface area contributed by atoms with Crippen molar-refractivity contribution in [1.29, 1.82) is 0 Å². The van der Waals surface area contributed by atoms with E-state index in [-0.39, 0.29) is 10.9 Å². The molecule has 0 atom stereocenters. The molecule has 33 heavy (non-hydrogen) atoms. The van der Waals surface area contributed by atoms with Gasteiger partial charge in [-0.05, 0) is 86.2 Å². The number of aromatic nitrogens is 3. The zero-order valence-electron chi connectivity index (χ0n) is 17.7. The lowest BCUT2D eigenvalue weighted by molar-refractivity contribution is 0.0977. The molecule has 1 heterocycles. The van der Waals surface area contributed by atoms with E-state index in [0.717, 1.165) is 5.56 Å². The van der Waals surface area contributed by atoms with Crippen molar-refractivity contribution >= 4 is 51.6 Å². The molecule has 3 aromatic carbocycles. The van der Waals surface area contributed by atoms with Gasteiger partial charge in [-0.15, -0.1) is 10.2 Å². The fraction of sp³-hybridized carbons (Fsp3) is 0.130. The molecule has 1 amide bonds. The summed E-state index contributed by atoms with van der Waals surface area (Å²) in [6.45, 7) is 4.21. The first-order valence-electron chi connectivity index (χ1n) is 10.0. The molecule has 0 aliphatic heterocycles. The summed E-state index contributed by atoms with van der Waals surface area (Å²) >= 11 is 11.5. The van der Waals surface area contributed by atoms with Crippen molar-refractivity contribution in [2.45, 2.75) is 13.8 Å². The number of ether oxygens (including phenoxy) is 1. The summed E-state index contributed by atoms with van der Waals surface area (Å²) in [5.41, 5.74) is 3.79. The summed E-state index contributed by atoms with van der Waals surface area (Å²) in [5.74, 6) is -0.228. The zero-order chi connectivity index (χ0) is 23.5. The number of nitrogens with one attached hydrogen (secondary N) is 2. The van der Waals surface area contributed by atoms with E-state index in [2.05, 4.69) is 20.8 Å². The molecule has 0 fully saturated rings. The lowest BCUT2D eigenvalue weighted by Crippen LogP contribution is -2.34. The number of benzene rings is 3. The molecule has 0 radical (unpaired) electrons. The Kier molecular flexibility index (Phi) is 6.52. The molecule has 0 aliphatic carbocycles. The maximum Gasteiger partial charge on any atom is 0.257 e. The molecule has 4 rings (SSSR count). The van der Waals surface area contributed by atoms with Gasteiger partial charge in [-0.2, -0.15) is 4.80 Å². The van der Waals surface area contributed by atoms with E-state index >= 15 is 0 Å². The average molecular weight is 484 g/mol. The van der Waals surface area contributed by atoms with Crippen LogP contribution in [-0.2, 0) is 0 Å². The van der Waals surface area contributed by atoms with Crippen LogP contribution in [-0.4, -0.2) is 32.6 Å². The molecule has 7 nitrogen and oxygen atoms in total. The minimum Gasteiger partial charge on any atom is -0.492 e. The molecule has 1 aromatic heterocycles. The van der Waals surface area contributed by atoms with E-state index in [0.29, 0.717) is 45.4 Å². The predicted molar refractivity (Wildman–Crippen MR) is 130 cm³/mol. The third-order valence-corrected chi connectivity index (χ3v) is 5.25. The minimum atomic E-state index is -0.404. The number of amides is 1. The highest BCUT2D eigenvalue weighted by Crippen LogP contribution is 2.26.